The Hall–Kier alpha value is -3.01. The molecule has 1 rings (SSSR count). The third-order valence-corrected chi connectivity index (χ3v) is 5.16. The van der Waals surface area contributed by atoms with Crippen molar-refractivity contribution >= 4 is 17.9 Å². The molecule has 1 aromatic carbocycles. The largest absolute Gasteiger partial charge is 0.444 e. The summed E-state index contributed by atoms with van der Waals surface area (Å²) in [7, 11) is 0. The first-order valence-electron chi connectivity index (χ1n) is 11.5. The average molecular weight is 458 g/mol. The van der Waals surface area contributed by atoms with Crippen LogP contribution in [-0.4, -0.2) is 41.0 Å². The van der Waals surface area contributed by atoms with Crippen LogP contribution in [0.1, 0.15) is 77.1 Å². The molecule has 3 amide bonds. The molecule has 0 heterocycles. The molecule has 0 spiro atoms. The van der Waals surface area contributed by atoms with Gasteiger partial charge in [0.25, 0.3) is 5.91 Å². The summed E-state index contributed by atoms with van der Waals surface area (Å²) in [6.45, 7) is 15.2. The first-order chi connectivity index (χ1) is 15.3. The molecule has 7 nitrogen and oxygen atoms in total. The predicted octanol–water partition coefficient (Wildman–Crippen LogP) is 4.23. The van der Waals surface area contributed by atoms with Gasteiger partial charge in [0.05, 0.1) is 0 Å². The molecule has 0 saturated heterocycles. The fourth-order valence-corrected chi connectivity index (χ4v) is 3.20. The maximum absolute atomic E-state index is 13.6. The molecule has 2 atom stereocenters. The van der Waals surface area contributed by atoms with Crippen LogP contribution in [0.15, 0.2) is 18.2 Å². The number of carbonyl (C=O) groups excluding carboxylic acids is 3. The predicted molar refractivity (Wildman–Crippen MR) is 130 cm³/mol. The van der Waals surface area contributed by atoms with Crippen LogP contribution in [0.3, 0.4) is 0 Å². The molecule has 0 aromatic heterocycles. The molecular formula is C26H39N3O4. The number of alkyl carbamates (subject to hydrolysis) is 1. The number of terminal acetylenes is 1. The third kappa shape index (κ3) is 8.45. The lowest BCUT2D eigenvalue weighted by atomic mass is 9.97. The average Bonchev–Trinajstić information content (AvgIpc) is 2.70. The quantitative estimate of drug-likeness (QED) is 0.330. The zero-order chi connectivity index (χ0) is 25.3. The Kier molecular flexibility index (Phi) is 10.4. The van der Waals surface area contributed by atoms with E-state index < -0.39 is 29.7 Å². The van der Waals surface area contributed by atoms with Crippen molar-refractivity contribution in [2.75, 3.05) is 6.54 Å². The molecule has 0 aliphatic heterocycles. The van der Waals surface area contributed by atoms with Crippen LogP contribution in [-0.2, 0) is 14.3 Å². The van der Waals surface area contributed by atoms with Crippen molar-refractivity contribution in [3.63, 3.8) is 0 Å². The molecular weight excluding hydrogens is 418 g/mol. The third-order valence-electron chi connectivity index (χ3n) is 5.16. The number of hydrogen-bond donors (Lipinski definition) is 2. The van der Waals surface area contributed by atoms with E-state index in [0.29, 0.717) is 12.1 Å². The summed E-state index contributed by atoms with van der Waals surface area (Å²) in [6.07, 6.45) is 6.78. The number of hydrogen-bond acceptors (Lipinski definition) is 4. The maximum Gasteiger partial charge on any atom is 0.408 e. The van der Waals surface area contributed by atoms with E-state index in [1.807, 2.05) is 32.9 Å². The lowest BCUT2D eigenvalue weighted by Crippen LogP contribution is -2.53. The number of nitrogens with one attached hydrogen (secondary N) is 2. The van der Waals surface area contributed by atoms with Gasteiger partial charge in [0.2, 0.25) is 5.91 Å². The van der Waals surface area contributed by atoms with E-state index in [1.165, 1.54) is 0 Å². The topological polar surface area (TPSA) is 87.7 Å². The molecule has 0 saturated carbocycles. The van der Waals surface area contributed by atoms with E-state index in [-0.39, 0.29) is 11.8 Å². The van der Waals surface area contributed by atoms with Crippen molar-refractivity contribution in [1.29, 1.82) is 0 Å². The summed E-state index contributed by atoms with van der Waals surface area (Å²) in [5, 5.41) is 5.51. The molecule has 2 N–H and O–H groups in total. The lowest BCUT2D eigenvalue weighted by Gasteiger charge is -2.32. The molecule has 2 unspecified atom stereocenters. The molecule has 0 aliphatic rings. The molecule has 1 aromatic rings. The van der Waals surface area contributed by atoms with Gasteiger partial charge in [-0.2, -0.15) is 0 Å². The van der Waals surface area contributed by atoms with Crippen molar-refractivity contribution in [2.24, 2.45) is 5.92 Å². The second kappa shape index (κ2) is 12.3. The summed E-state index contributed by atoms with van der Waals surface area (Å²) < 4.78 is 5.32. The second-order valence-corrected chi connectivity index (χ2v) is 9.60. The Labute approximate surface area is 198 Å². The highest BCUT2D eigenvalue weighted by molar-refractivity contribution is 5.93. The smallest absolute Gasteiger partial charge is 0.408 e. The molecule has 33 heavy (non-hydrogen) atoms. The van der Waals surface area contributed by atoms with Gasteiger partial charge in [0, 0.05) is 12.6 Å². The number of aryl methyl sites for hydroxylation is 2. The standard InChI is InChI=1S/C26H39N3O4/c1-10-12-15-27-23(30)22(20-14-13-18(5)19(6)16-20)29(11-2)24(31)21(17(3)4)28-25(32)33-26(7,8)9/h2,13-14,16-17,21-22H,10,12,15H2,1,3-9H3,(H,27,30)(H,28,32). The van der Waals surface area contributed by atoms with E-state index in [1.54, 1.807) is 40.7 Å². The van der Waals surface area contributed by atoms with Crippen LogP contribution in [0.5, 0.6) is 0 Å². The maximum atomic E-state index is 13.6. The van der Waals surface area contributed by atoms with E-state index in [4.69, 9.17) is 11.2 Å². The van der Waals surface area contributed by atoms with E-state index in [2.05, 4.69) is 16.7 Å². The number of ether oxygens (including phenoxy) is 1. The van der Waals surface area contributed by atoms with Crippen molar-refractivity contribution in [3.8, 4) is 12.5 Å². The van der Waals surface area contributed by atoms with Crippen molar-refractivity contribution in [2.45, 2.75) is 85.9 Å². The molecule has 0 fully saturated rings. The number of nitrogens with zero attached hydrogens (tertiary/aromatic N) is 1. The monoisotopic (exact) mass is 457 g/mol. The number of amides is 3. The summed E-state index contributed by atoms with van der Waals surface area (Å²) in [5.41, 5.74) is 1.93. The van der Waals surface area contributed by atoms with Crippen LogP contribution in [0.2, 0.25) is 0 Å². The molecule has 0 bridgehead atoms. The molecule has 182 valence electrons. The first kappa shape index (κ1) is 28.0. The Morgan fingerprint density at radius 3 is 2.27 bits per heavy atom. The summed E-state index contributed by atoms with van der Waals surface area (Å²) in [4.78, 5) is 40.2. The van der Waals surface area contributed by atoms with Crippen LogP contribution in [0.25, 0.3) is 0 Å². The summed E-state index contributed by atoms with van der Waals surface area (Å²) >= 11 is 0. The Balaban J connectivity index is 3.34. The fraction of sp³-hybridized carbons (Fsp3) is 0.577. The minimum absolute atomic E-state index is 0.288. The van der Waals surface area contributed by atoms with Crippen molar-refractivity contribution in [1.82, 2.24) is 15.5 Å². The Bertz CT molecular complexity index is 881. The van der Waals surface area contributed by atoms with Gasteiger partial charge in [0.1, 0.15) is 17.7 Å². The Morgan fingerprint density at radius 1 is 1.15 bits per heavy atom. The van der Waals surface area contributed by atoms with Crippen molar-refractivity contribution < 1.29 is 19.1 Å². The van der Waals surface area contributed by atoms with E-state index in [9.17, 15) is 14.4 Å². The number of carbonyl (C=O) groups is 3. The van der Waals surface area contributed by atoms with Gasteiger partial charge in [-0.15, -0.1) is 0 Å². The van der Waals surface area contributed by atoms with Gasteiger partial charge in [0.15, 0.2) is 0 Å². The zero-order valence-electron chi connectivity index (χ0n) is 21.2. The Morgan fingerprint density at radius 2 is 1.79 bits per heavy atom. The van der Waals surface area contributed by atoms with E-state index >= 15 is 0 Å². The highest BCUT2D eigenvalue weighted by atomic mass is 16.6. The molecule has 0 aliphatic carbocycles. The molecule has 7 heteroatoms. The van der Waals surface area contributed by atoms with Crippen LogP contribution < -0.4 is 10.6 Å². The van der Waals surface area contributed by atoms with Gasteiger partial charge in [-0.05, 0) is 63.6 Å². The van der Waals surface area contributed by atoms with Crippen LogP contribution >= 0.6 is 0 Å². The van der Waals surface area contributed by atoms with Gasteiger partial charge < -0.3 is 15.4 Å². The SMILES string of the molecule is C#CN(C(=O)C(NC(=O)OC(C)(C)C)C(C)C)C(C(=O)NCCCC)c1ccc(C)c(C)c1. The first-order valence-corrected chi connectivity index (χ1v) is 11.5. The normalized spacial score (nSPS) is 13.0. The van der Waals surface area contributed by atoms with E-state index in [0.717, 1.165) is 28.9 Å². The second-order valence-electron chi connectivity index (χ2n) is 9.60. The summed E-state index contributed by atoms with van der Waals surface area (Å²) in [6, 6.07) is 5.96. The lowest BCUT2D eigenvalue weighted by molar-refractivity contribution is -0.139. The van der Waals surface area contributed by atoms with Gasteiger partial charge in [-0.25, -0.2) is 4.79 Å². The zero-order valence-corrected chi connectivity index (χ0v) is 21.2. The van der Waals surface area contributed by atoms with Gasteiger partial charge in [-0.1, -0.05) is 51.8 Å². The number of benzene rings is 1. The summed E-state index contributed by atoms with van der Waals surface area (Å²) in [5.74, 6) is -1.20. The highest BCUT2D eigenvalue weighted by Crippen LogP contribution is 2.25. The number of rotatable bonds is 9. The van der Waals surface area contributed by atoms with Gasteiger partial charge in [-0.3, -0.25) is 14.5 Å². The van der Waals surface area contributed by atoms with Gasteiger partial charge >= 0.3 is 6.09 Å². The van der Waals surface area contributed by atoms with Crippen LogP contribution in [0.4, 0.5) is 4.79 Å². The van der Waals surface area contributed by atoms with Crippen molar-refractivity contribution in [3.05, 3.63) is 34.9 Å². The minimum Gasteiger partial charge on any atom is -0.444 e. The number of unbranched alkanes of at least 4 members (excludes halogenated alkanes) is 1. The fourth-order valence-electron chi connectivity index (χ4n) is 3.20. The minimum atomic E-state index is -1.03. The molecule has 0 radical (unpaired) electrons. The van der Waals surface area contributed by atoms with Crippen LogP contribution in [0, 0.1) is 32.2 Å². The highest BCUT2D eigenvalue weighted by Gasteiger charge is 2.37.